The Morgan fingerprint density at radius 2 is 1.93 bits per heavy atom. The van der Waals surface area contributed by atoms with Crippen LogP contribution in [0.4, 0.5) is 5.69 Å². The molecule has 1 amide bonds. The Morgan fingerprint density at radius 3 is 2.67 bits per heavy atom. The summed E-state index contributed by atoms with van der Waals surface area (Å²) in [4.78, 5) is 14.5. The number of ether oxygens (including phenoxy) is 2. The second-order valence-corrected chi connectivity index (χ2v) is 12.6. The summed E-state index contributed by atoms with van der Waals surface area (Å²) in [5, 5.41) is 0.704. The maximum Gasteiger partial charge on any atom is 0.264 e. The van der Waals surface area contributed by atoms with Gasteiger partial charge in [0.05, 0.1) is 23.8 Å². The van der Waals surface area contributed by atoms with Crippen LogP contribution in [-0.4, -0.2) is 40.6 Å². The van der Waals surface area contributed by atoms with E-state index in [0.717, 1.165) is 56.4 Å². The predicted octanol–water partition coefficient (Wildman–Crippen LogP) is 6.06. The standard InChI is InChI=1S/C31H39ClN2O5S/c1-3-5-9-31(35)33-40(36,37)28-14-15-30-29(19-28)34(20-24-10-11-25(24)21-38-17-4-2)16-7-6-8-23-18-27(32)13-12-26(23)22-39-30/h3-4,12-15,18-19,24-25H,1-2,5-11,16-17,20-22H2,(H,33,35)/t24-,25-/m0/s1. The zero-order valence-electron chi connectivity index (χ0n) is 22.9. The molecule has 1 N–H and O–H groups in total. The Bertz CT molecular complexity index is 1310. The Kier molecular flexibility index (Phi) is 10.7. The van der Waals surface area contributed by atoms with Gasteiger partial charge < -0.3 is 14.4 Å². The molecule has 1 heterocycles. The van der Waals surface area contributed by atoms with Crippen molar-refractivity contribution in [2.45, 2.75) is 56.4 Å². The summed E-state index contributed by atoms with van der Waals surface area (Å²) in [7, 11) is -4.05. The quantitative estimate of drug-likeness (QED) is 0.254. The van der Waals surface area contributed by atoms with Gasteiger partial charge in [0, 0.05) is 24.5 Å². The predicted molar refractivity (Wildman–Crippen MR) is 159 cm³/mol. The maximum atomic E-state index is 13.2. The number of aryl methyl sites for hydroxylation is 1. The number of rotatable bonds is 11. The van der Waals surface area contributed by atoms with Crippen LogP contribution in [0, 0.1) is 11.8 Å². The number of nitrogens with zero attached hydrogens (tertiary/aromatic N) is 1. The van der Waals surface area contributed by atoms with Gasteiger partial charge in [-0.2, -0.15) is 0 Å². The third-order valence-electron chi connectivity index (χ3n) is 7.68. The van der Waals surface area contributed by atoms with E-state index in [9.17, 15) is 13.2 Å². The van der Waals surface area contributed by atoms with E-state index in [1.165, 1.54) is 11.6 Å². The Morgan fingerprint density at radius 1 is 1.10 bits per heavy atom. The van der Waals surface area contributed by atoms with Crippen LogP contribution in [0.1, 0.15) is 49.7 Å². The maximum absolute atomic E-state index is 13.2. The summed E-state index contributed by atoms with van der Waals surface area (Å²) >= 11 is 6.29. The number of hydrogen-bond acceptors (Lipinski definition) is 6. The summed E-state index contributed by atoms with van der Waals surface area (Å²) in [6.45, 7) is 10.4. The van der Waals surface area contributed by atoms with E-state index in [2.05, 4.69) is 22.8 Å². The highest BCUT2D eigenvalue weighted by molar-refractivity contribution is 7.90. The molecular weight excluding hydrogens is 548 g/mol. The average molecular weight is 587 g/mol. The first kappa shape index (κ1) is 30.2. The van der Waals surface area contributed by atoms with Gasteiger partial charge in [-0.15, -0.1) is 13.2 Å². The molecule has 0 radical (unpaired) electrons. The summed E-state index contributed by atoms with van der Waals surface area (Å²) < 4.78 is 40.6. The van der Waals surface area contributed by atoms with E-state index in [0.29, 0.717) is 48.8 Å². The summed E-state index contributed by atoms with van der Waals surface area (Å²) in [6, 6.07) is 10.7. The van der Waals surface area contributed by atoms with Crippen molar-refractivity contribution < 1.29 is 22.7 Å². The van der Waals surface area contributed by atoms with Crippen molar-refractivity contribution in [2.24, 2.45) is 11.8 Å². The van der Waals surface area contributed by atoms with Gasteiger partial charge in [0.25, 0.3) is 10.0 Å². The molecule has 0 bridgehead atoms. The molecular formula is C31H39ClN2O5S. The number of carbonyl (C=O) groups is 1. The molecule has 1 saturated carbocycles. The first-order valence-corrected chi connectivity index (χ1v) is 15.8. The van der Waals surface area contributed by atoms with Gasteiger partial charge in [0.2, 0.25) is 5.91 Å². The molecule has 0 spiro atoms. The second kappa shape index (κ2) is 14.2. The van der Waals surface area contributed by atoms with Crippen LogP contribution in [0.5, 0.6) is 5.75 Å². The van der Waals surface area contributed by atoms with Crippen molar-refractivity contribution in [1.82, 2.24) is 4.72 Å². The molecule has 7 nitrogen and oxygen atoms in total. The van der Waals surface area contributed by atoms with Gasteiger partial charge in [-0.3, -0.25) is 4.79 Å². The van der Waals surface area contributed by atoms with Crippen molar-refractivity contribution >= 4 is 33.2 Å². The van der Waals surface area contributed by atoms with Gasteiger partial charge in [-0.05, 0) is 91.8 Å². The second-order valence-electron chi connectivity index (χ2n) is 10.5. The molecule has 2 aromatic carbocycles. The molecule has 0 aromatic heterocycles. The van der Waals surface area contributed by atoms with E-state index in [1.54, 1.807) is 24.3 Å². The topological polar surface area (TPSA) is 84.9 Å². The van der Waals surface area contributed by atoms with Gasteiger partial charge >= 0.3 is 0 Å². The normalized spacial score (nSPS) is 19.2. The third-order valence-corrected chi connectivity index (χ3v) is 9.28. The van der Waals surface area contributed by atoms with Crippen molar-refractivity contribution in [1.29, 1.82) is 0 Å². The number of amides is 1. The highest BCUT2D eigenvalue weighted by Gasteiger charge is 2.33. The number of benzene rings is 2. The molecule has 1 aliphatic carbocycles. The molecule has 2 aliphatic rings. The molecule has 40 heavy (non-hydrogen) atoms. The number of carbonyl (C=O) groups excluding carboxylic acids is 1. The van der Waals surface area contributed by atoms with E-state index < -0.39 is 15.9 Å². The number of hydrogen-bond donors (Lipinski definition) is 1. The monoisotopic (exact) mass is 586 g/mol. The minimum absolute atomic E-state index is 0.0355. The molecule has 0 unspecified atom stereocenters. The van der Waals surface area contributed by atoms with Crippen molar-refractivity contribution in [3.63, 3.8) is 0 Å². The third kappa shape index (κ3) is 7.89. The minimum atomic E-state index is -4.05. The fraction of sp³-hybridized carbons (Fsp3) is 0.452. The van der Waals surface area contributed by atoms with E-state index in [-0.39, 0.29) is 11.3 Å². The Balaban J connectivity index is 1.64. The molecule has 0 saturated heterocycles. The number of fused-ring (bicyclic) bond motifs is 2. The zero-order chi connectivity index (χ0) is 28.5. The van der Waals surface area contributed by atoms with Crippen LogP contribution in [0.15, 0.2) is 66.6 Å². The lowest BCUT2D eigenvalue weighted by molar-refractivity contribution is -0.119. The van der Waals surface area contributed by atoms with Crippen LogP contribution in [0.25, 0.3) is 0 Å². The zero-order valence-corrected chi connectivity index (χ0v) is 24.5. The van der Waals surface area contributed by atoms with Gasteiger partial charge in [0.15, 0.2) is 0 Å². The van der Waals surface area contributed by atoms with Gasteiger partial charge in [-0.1, -0.05) is 29.8 Å². The average Bonchev–Trinajstić information content (AvgIpc) is 2.95. The van der Waals surface area contributed by atoms with Crippen molar-refractivity contribution in [3.05, 3.63) is 77.9 Å². The molecule has 9 heteroatoms. The van der Waals surface area contributed by atoms with Crippen molar-refractivity contribution in [2.75, 3.05) is 31.2 Å². The van der Waals surface area contributed by atoms with Gasteiger partial charge in [0.1, 0.15) is 12.4 Å². The first-order valence-electron chi connectivity index (χ1n) is 13.9. The lowest BCUT2D eigenvalue weighted by Crippen LogP contribution is -2.41. The Labute approximate surface area is 243 Å². The fourth-order valence-corrected chi connectivity index (χ4v) is 6.49. The van der Waals surface area contributed by atoms with Crippen LogP contribution >= 0.6 is 11.6 Å². The Hall–Kier alpha value is -2.81. The van der Waals surface area contributed by atoms with Crippen LogP contribution in [0.2, 0.25) is 5.02 Å². The summed E-state index contributed by atoms with van der Waals surface area (Å²) in [5.41, 5.74) is 2.95. The van der Waals surface area contributed by atoms with Crippen molar-refractivity contribution in [3.8, 4) is 5.75 Å². The van der Waals surface area contributed by atoms with E-state index in [1.807, 2.05) is 18.2 Å². The molecule has 2 aromatic rings. The van der Waals surface area contributed by atoms with Crippen LogP contribution in [-0.2, 0) is 32.6 Å². The molecule has 216 valence electrons. The fourth-order valence-electron chi connectivity index (χ4n) is 5.26. The smallest absolute Gasteiger partial charge is 0.264 e. The summed E-state index contributed by atoms with van der Waals surface area (Å²) in [5.74, 6) is 0.928. The number of sulfonamides is 1. The number of anilines is 1. The van der Waals surface area contributed by atoms with Crippen LogP contribution < -0.4 is 14.4 Å². The summed E-state index contributed by atoms with van der Waals surface area (Å²) in [6.07, 6.45) is 8.79. The molecule has 4 rings (SSSR count). The minimum Gasteiger partial charge on any atom is -0.487 e. The van der Waals surface area contributed by atoms with Crippen LogP contribution in [0.3, 0.4) is 0 Å². The largest absolute Gasteiger partial charge is 0.487 e. The number of nitrogens with one attached hydrogen (secondary N) is 1. The van der Waals surface area contributed by atoms with E-state index in [4.69, 9.17) is 21.1 Å². The highest BCUT2D eigenvalue weighted by Crippen LogP contribution is 2.39. The molecule has 1 fully saturated rings. The lowest BCUT2D eigenvalue weighted by atomic mass is 9.73. The SMILES string of the molecule is C=CCCC(=O)NS(=O)(=O)c1ccc2c(c1)N(C[C@@H]1CC[C@H]1COCC=C)CCCCc1cc(Cl)ccc1CO2. The number of halogens is 1. The molecule has 2 atom stereocenters. The van der Waals surface area contributed by atoms with Gasteiger partial charge in [-0.25, -0.2) is 13.1 Å². The molecule has 1 aliphatic heterocycles. The van der Waals surface area contributed by atoms with E-state index >= 15 is 0 Å². The lowest BCUT2D eigenvalue weighted by Gasteiger charge is -2.41. The highest BCUT2D eigenvalue weighted by atomic mass is 35.5. The number of allylic oxidation sites excluding steroid dienone is 1. The first-order chi connectivity index (χ1) is 19.3.